The quantitative estimate of drug-likeness (QED) is 0.652. The molecule has 1 unspecified atom stereocenters. The summed E-state index contributed by atoms with van der Waals surface area (Å²) in [7, 11) is 0. The molecule has 0 saturated carbocycles. The number of urea groups is 1. The van der Waals surface area contributed by atoms with Crippen molar-refractivity contribution in [2.45, 2.75) is 32.2 Å². The Morgan fingerprint density at radius 1 is 1.21 bits per heavy atom. The van der Waals surface area contributed by atoms with Gasteiger partial charge < -0.3 is 9.72 Å². The Morgan fingerprint density at radius 3 is 2.72 bits per heavy atom. The molecule has 1 aliphatic heterocycles. The lowest BCUT2D eigenvalue weighted by molar-refractivity contribution is -0.132. The molecule has 1 atom stereocenters. The molecule has 4 amide bonds. The third-order valence-corrected chi connectivity index (χ3v) is 5.08. The van der Waals surface area contributed by atoms with Crippen LogP contribution in [-0.4, -0.2) is 37.8 Å². The third-order valence-electron chi connectivity index (χ3n) is 5.08. The number of benzene rings is 1. The molecule has 1 fully saturated rings. The zero-order chi connectivity index (χ0) is 20.6. The van der Waals surface area contributed by atoms with Gasteiger partial charge in [-0.15, -0.1) is 0 Å². The van der Waals surface area contributed by atoms with Crippen LogP contribution < -0.4 is 10.7 Å². The van der Waals surface area contributed by atoms with Crippen LogP contribution in [0.1, 0.15) is 35.0 Å². The average molecular weight is 391 g/mol. The first kappa shape index (κ1) is 18.7. The van der Waals surface area contributed by atoms with E-state index in [0.717, 1.165) is 16.1 Å². The van der Waals surface area contributed by atoms with Gasteiger partial charge in [0.25, 0.3) is 11.8 Å². The molecular weight excluding hydrogens is 370 g/mol. The van der Waals surface area contributed by atoms with Crippen molar-refractivity contribution in [1.29, 1.82) is 0 Å². The Morgan fingerprint density at radius 2 is 1.97 bits per heavy atom. The number of fused-ring (bicyclic) bond motifs is 1. The van der Waals surface area contributed by atoms with E-state index in [4.69, 9.17) is 0 Å². The van der Waals surface area contributed by atoms with Crippen molar-refractivity contribution in [3.05, 3.63) is 71.7 Å². The van der Waals surface area contributed by atoms with Gasteiger partial charge in [0.1, 0.15) is 16.9 Å². The van der Waals surface area contributed by atoms with Crippen LogP contribution >= 0.6 is 0 Å². The molecule has 2 N–H and O–H groups in total. The van der Waals surface area contributed by atoms with E-state index in [1.165, 1.54) is 0 Å². The monoisotopic (exact) mass is 391 g/mol. The fraction of sp³-hybridized carbons (Fsp3) is 0.238. The normalized spacial score (nSPS) is 18.9. The van der Waals surface area contributed by atoms with Crippen LogP contribution in [0.4, 0.5) is 4.79 Å². The van der Waals surface area contributed by atoms with Gasteiger partial charge >= 0.3 is 6.03 Å². The molecule has 3 heterocycles. The molecule has 4 rings (SSSR count). The second kappa shape index (κ2) is 7.05. The summed E-state index contributed by atoms with van der Waals surface area (Å²) < 4.78 is 1.71. The van der Waals surface area contributed by atoms with Crippen LogP contribution in [-0.2, 0) is 11.2 Å². The first-order chi connectivity index (χ1) is 13.9. The summed E-state index contributed by atoms with van der Waals surface area (Å²) in [6.07, 6.45) is 4.39. The van der Waals surface area contributed by atoms with Crippen molar-refractivity contribution in [2.24, 2.45) is 0 Å². The van der Waals surface area contributed by atoms with Crippen LogP contribution in [0, 0.1) is 6.92 Å². The van der Waals surface area contributed by atoms with Crippen LogP contribution in [0.5, 0.6) is 0 Å². The van der Waals surface area contributed by atoms with E-state index in [0.29, 0.717) is 18.5 Å². The van der Waals surface area contributed by atoms with Crippen molar-refractivity contribution >= 4 is 23.5 Å². The number of carbonyl (C=O) groups excluding carboxylic acids is 3. The fourth-order valence-electron chi connectivity index (χ4n) is 3.35. The number of aryl methyl sites for hydroxylation is 2. The molecule has 0 radical (unpaired) electrons. The molecule has 0 spiro atoms. The standard InChI is InChI=1S/C21H21N5O3/c1-14-9-11-25-13-16(22-17(25)12-14)18(27)24-26-19(28)21(2,23-20(26)29)10-8-15-6-4-3-5-7-15/h3-7,9,11-13H,8,10H2,1-2H3,(H,23,29)(H,24,27). The van der Waals surface area contributed by atoms with Crippen LogP contribution in [0.25, 0.3) is 5.65 Å². The minimum absolute atomic E-state index is 0.120. The molecule has 0 bridgehead atoms. The second-order valence-corrected chi connectivity index (χ2v) is 7.43. The molecule has 3 aromatic rings. The van der Waals surface area contributed by atoms with E-state index in [1.807, 2.05) is 49.4 Å². The Kier molecular flexibility index (Phi) is 4.54. The lowest BCUT2D eigenvalue weighted by atomic mass is 9.93. The Balaban J connectivity index is 1.47. The number of rotatable bonds is 5. The van der Waals surface area contributed by atoms with E-state index in [9.17, 15) is 14.4 Å². The minimum atomic E-state index is -1.09. The number of aromatic nitrogens is 2. The van der Waals surface area contributed by atoms with Crippen molar-refractivity contribution in [3.8, 4) is 0 Å². The first-order valence-corrected chi connectivity index (χ1v) is 9.33. The number of imidazole rings is 1. The van der Waals surface area contributed by atoms with Crippen LogP contribution in [0.2, 0.25) is 0 Å². The van der Waals surface area contributed by atoms with Gasteiger partial charge in [-0.1, -0.05) is 30.3 Å². The Labute approximate surface area is 167 Å². The topological polar surface area (TPSA) is 95.8 Å². The van der Waals surface area contributed by atoms with E-state index in [2.05, 4.69) is 15.7 Å². The van der Waals surface area contributed by atoms with Crippen molar-refractivity contribution in [3.63, 3.8) is 0 Å². The second-order valence-electron chi connectivity index (χ2n) is 7.43. The smallest absolute Gasteiger partial charge is 0.322 e. The van der Waals surface area contributed by atoms with Crippen LogP contribution in [0.15, 0.2) is 54.9 Å². The predicted octanol–water partition coefficient (Wildman–Crippen LogP) is 2.23. The van der Waals surface area contributed by atoms with Crippen molar-refractivity contribution in [1.82, 2.24) is 25.1 Å². The number of hydrogen-bond donors (Lipinski definition) is 2. The van der Waals surface area contributed by atoms with Gasteiger partial charge in [0.15, 0.2) is 0 Å². The maximum absolute atomic E-state index is 12.8. The molecule has 1 aliphatic rings. The molecule has 8 heteroatoms. The fourth-order valence-corrected chi connectivity index (χ4v) is 3.35. The number of nitrogens with zero attached hydrogens (tertiary/aromatic N) is 3. The van der Waals surface area contributed by atoms with Gasteiger partial charge in [-0.05, 0) is 49.9 Å². The zero-order valence-corrected chi connectivity index (χ0v) is 16.2. The summed E-state index contributed by atoms with van der Waals surface area (Å²) >= 11 is 0. The maximum atomic E-state index is 12.8. The van der Waals surface area contributed by atoms with Crippen molar-refractivity contribution < 1.29 is 14.4 Å². The van der Waals surface area contributed by atoms with E-state index in [-0.39, 0.29) is 5.69 Å². The maximum Gasteiger partial charge on any atom is 0.344 e. The van der Waals surface area contributed by atoms with E-state index in [1.54, 1.807) is 23.7 Å². The lowest BCUT2D eigenvalue weighted by Gasteiger charge is -2.21. The Hall–Kier alpha value is -3.68. The number of carbonyl (C=O) groups is 3. The number of imide groups is 1. The molecular formula is C21H21N5O3. The molecule has 29 heavy (non-hydrogen) atoms. The van der Waals surface area contributed by atoms with Gasteiger partial charge in [0.2, 0.25) is 0 Å². The van der Waals surface area contributed by atoms with E-state index < -0.39 is 23.4 Å². The largest absolute Gasteiger partial charge is 0.344 e. The summed E-state index contributed by atoms with van der Waals surface area (Å²) in [4.78, 5) is 42.0. The van der Waals surface area contributed by atoms with Gasteiger partial charge in [0.05, 0.1) is 0 Å². The highest BCUT2D eigenvalue weighted by molar-refractivity contribution is 6.08. The summed E-state index contributed by atoms with van der Waals surface area (Å²) in [6, 6.07) is 12.8. The predicted molar refractivity (Wildman–Crippen MR) is 106 cm³/mol. The van der Waals surface area contributed by atoms with Gasteiger partial charge in [-0.3, -0.25) is 15.0 Å². The van der Waals surface area contributed by atoms with E-state index >= 15 is 0 Å². The minimum Gasteiger partial charge on any atom is -0.322 e. The summed E-state index contributed by atoms with van der Waals surface area (Å²) in [5.41, 5.74) is 4.10. The molecule has 0 aliphatic carbocycles. The number of nitrogens with one attached hydrogen (secondary N) is 2. The number of amides is 4. The SMILES string of the molecule is Cc1ccn2cc(C(=O)NN3C(=O)NC(C)(CCc4ccccc4)C3=O)nc2c1. The highest BCUT2D eigenvalue weighted by Gasteiger charge is 2.48. The number of hydrogen-bond acceptors (Lipinski definition) is 4. The van der Waals surface area contributed by atoms with Crippen molar-refractivity contribution in [2.75, 3.05) is 0 Å². The van der Waals surface area contributed by atoms with Crippen LogP contribution in [0.3, 0.4) is 0 Å². The average Bonchev–Trinajstić information content (AvgIpc) is 3.21. The number of pyridine rings is 1. The molecule has 8 nitrogen and oxygen atoms in total. The highest BCUT2D eigenvalue weighted by Crippen LogP contribution is 2.22. The third kappa shape index (κ3) is 3.56. The first-order valence-electron chi connectivity index (χ1n) is 9.33. The summed E-state index contributed by atoms with van der Waals surface area (Å²) in [6.45, 7) is 3.59. The summed E-state index contributed by atoms with van der Waals surface area (Å²) in [5.74, 6) is -1.12. The Bertz CT molecular complexity index is 1110. The molecule has 148 valence electrons. The lowest BCUT2D eigenvalue weighted by Crippen LogP contribution is -2.49. The van der Waals surface area contributed by atoms with Gasteiger partial charge in [0, 0.05) is 12.4 Å². The molecule has 1 saturated heterocycles. The van der Waals surface area contributed by atoms with Gasteiger partial charge in [-0.2, -0.15) is 5.01 Å². The molecule has 1 aromatic carbocycles. The highest BCUT2D eigenvalue weighted by atomic mass is 16.2. The zero-order valence-electron chi connectivity index (χ0n) is 16.2. The number of hydrazine groups is 1. The molecule has 2 aromatic heterocycles. The van der Waals surface area contributed by atoms with Gasteiger partial charge in [-0.25, -0.2) is 9.78 Å². The summed E-state index contributed by atoms with van der Waals surface area (Å²) in [5, 5.41) is 3.43.